The zero-order valence-electron chi connectivity index (χ0n) is 20.4. The van der Waals surface area contributed by atoms with Crippen LogP contribution in [0.5, 0.6) is 0 Å². The lowest BCUT2D eigenvalue weighted by Gasteiger charge is -2.61. The molecule has 4 aliphatic carbocycles. The number of aromatic nitrogens is 2. The molecule has 2 aromatic carbocycles. The summed E-state index contributed by atoms with van der Waals surface area (Å²) in [4.78, 5) is 17.1. The Labute approximate surface area is 220 Å². The summed E-state index contributed by atoms with van der Waals surface area (Å²) in [5.41, 5.74) is 2.97. The Kier molecular flexibility index (Phi) is 5.38. The first kappa shape index (κ1) is 23.2. The lowest BCUT2D eigenvalue weighted by atomic mass is 9.46. The molecular weight excluding hydrogens is 491 g/mol. The molecule has 1 aliphatic heterocycles. The van der Waals surface area contributed by atoms with E-state index in [1.165, 1.54) is 6.07 Å². The normalized spacial score (nSPS) is 31.6. The molecule has 4 bridgehead atoms. The number of nitrogens with zero attached hydrogens (tertiary/aromatic N) is 2. The second kappa shape index (κ2) is 8.57. The highest BCUT2D eigenvalue weighted by Gasteiger charge is 2.58. The Morgan fingerprint density at radius 1 is 1.16 bits per heavy atom. The fourth-order valence-electron chi connectivity index (χ4n) is 8.28. The van der Waals surface area contributed by atoms with E-state index in [-0.39, 0.29) is 29.3 Å². The third-order valence-corrected chi connectivity index (χ3v) is 9.79. The van der Waals surface area contributed by atoms with Gasteiger partial charge in [0.2, 0.25) is 0 Å². The number of amides is 2. The number of fused-ring (bicyclic) bond motifs is 3. The Bertz CT molecular complexity index is 1340. The van der Waals surface area contributed by atoms with E-state index in [2.05, 4.69) is 15.6 Å². The second-order valence-corrected chi connectivity index (χ2v) is 12.1. The number of imidazole rings is 1. The maximum Gasteiger partial charge on any atom is 0.319 e. The van der Waals surface area contributed by atoms with Crippen molar-refractivity contribution in [2.75, 3.05) is 5.32 Å². The molecule has 4 saturated carbocycles. The lowest BCUT2D eigenvalue weighted by molar-refractivity contribution is -0.135. The molecule has 3 N–H and O–H groups in total. The number of aliphatic hydroxyl groups excluding tert-OH is 1. The number of aliphatic hydroxyl groups is 1. The minimum Gasteiger partial charge on any atom is -0.392 e. The number of carbonyl (C=O) groups is 1. The van der Waals surface area contributed by atoms with E-state index in [0.717, 1.165) is 43.4 Å². The molecule has 4 atom stereocenters. The molecule has 8 rings (SSSR count). The smallest absolute Gasteiger partial charge is 0.319 e. The van der Waals surface area contributed by atoms with E-state index in [1.54, 1.807) is 42.9 Å². The summed E-state index contributed by atoms with van der Waals surface area (Å²) >= 11 is 5.96. The van der Waals surface area contributed by atoms with E-state index in [4.69, 9.17) is 11.6 Å². The lowest BCUT2D eigenvalue weighted by Crippen LogP contribution is -2.62. The monoisotopic (exact) mass is 520 g/mol. The van der Waals surface area contributed by atoms with Crippen LogP contribution in [0.4, 0.5) is 14.9 Å². The molecule has 2 heterocycles. The summed E-state index contributed by atoms with van der Waals surface area (Å²) in [7, 11) is 0. The van der Waals surface area contributed by atoms with Gasteiger partial charge in [-0.05, 0) is 92.0 Å². The largest absolute Gasteiger partial charge is 0.392 e. The van der Waals surface area contributed by atoms with Crippen LogP contribution in [0.2, 0.25) is 5.02 Å². The van der Waals surface area contributed by atoms with Gasteiger partial charge in [-0.3, -0.25) is 0 Å². The summed E-state index contributed by atoms with van der Waals surface area (Å²) in [5, 5.41) is 18.6. The third-order valence-electron chi connectivity index (χ3n) is 9.54. The Hall–Kier alpha value is -2.90. The van der Waals surface area contributed by atoms with Crippen LogP contribution >= 0.6 is 11.6 Å². The first-order valence-electron chi connectivity index (χ1n) is 13.2. The number of urea groups is 1. The molecule has 2 amide bonds. The number of rotatable bonds is 5. The van der Waals surface area contributed by atoms with E-state index >= 15 is 0 Å². The van der Waals surface area contributed by atoms with Gasteiger partial charge in [-0.1, -0.05) is 23.7 Å². The average molecular weight is 521 g/mol. The van der Waals surface area contributed by atoms with Gasteiger partial charge in [-0.2, -0.15) is 0 Å². The number of halogens is 2. The van der Waals surface area contributed by atoms with Gasteiger partial charge in [-0.25, -0.2) is 14.2 Å². The number of anilines is 1. The molecular formula is C29H30ClFN4O2. The van der Waals surface area contributed by atoms with Gasteiger partial charge in [0.15, 0.2) is 0 Å². The molecule has 1 aromatic heterocycles. The van der Waals surface area contributed by atoms with Gasteiger partial charge in [0.05, 0.1) is 30.4 Å². The zero-order valence-corrected chi connectivity index (χ0v) is 21.2. The van der Waals surface area contributed by atoms with Crippen LogP contribution in [0.3, 0.4) is 0 Å². The fourth-order valence-corrected chi connectivity index (χ4v) is 8.40. The molecule has 0 radical (unpaired) electrons. The van der Waals surface area contributed by atoms with Crippen molar-refractivity contribution in [1.29, 1.82) is 0 Å². The van der Waals surface area contributed by atoms with Crippen LogP contribution in [0.25, 0.3) is 11.3 Å². The van der Waals surface area contributed by atoms with Crippen LogP contribution in [0.1, 0.15) is 50.1 Å². The number of benzene rings is 2. The van der Waals surface area contributed by atoms with E-state index in [9.17, 15) is 14.3 Å². The summed E-state index contributed by atoms with van der Waals surface area (Å²) in [5.74, 6) is 1.03. The standard InChI is InChI=1S/C29H30ClFN4O2/c30-19-4-6-20(7-5-19)33-28(37)34-27-17-8-16-9-18(27)13-29(11-16,12-17)25(36)10-23-26-21(2-1-3-22(26)31)24-14-32-15-35(23)24/h1-7,14-18,23,25,27,36H,8-13H2,(H2,33,34,37). The summed E-state index contributed by atoms with van der Waals surface area (Å²) in [6.07, 6.45) is 8.42. The minimum atomic E-state index is -0.546. The van der Waals surface area contributed by atoms with Crippen molar-refractivity contribution in [3.63, 3.8) is 0 Å². The Morgan fingerprint density at radius 3 is 2.68 bits per heavy atom. The average Bonchev–Trinajstić information content (AvgIpc) is 3.46. The van der Waals surface area contributed by atoms with E-state index < -0.39 is 6.10 Å². The van der Waals surface area contributed by atoms with E-state index in [0.29, 0.717) is 40.4 Å². The highest BCUT2D eigenvalue weighted by atomic mass is 35.5. The molecule has 192 valence electrons. The molecule has 3 aromatic rings. The molecule has 0 saturated heterocycles. The van der Waals surface area contributed by atoms with Crippen molar-refractivity contribution >= 4 is 23.3 Å². The minimum absolute atomic E-state index is 0.106. The van der Waals surface area contributed by atoms with Crippen molar-refractivity contribution in [2.24, 2.45) is 23.2 Å². The number of nitrogens with one attached hydrogen (secondary N) is 2. The molecule has 37 heavy (non-hydrogen) atoms. The van der Waals surface area contributed by atoms with Crippen LogP contribution in [0, 0.1) is 29.0 Å². The predicted molar refractivity (Wildman–Crippen MR) is 140 cm³/mol. The summed E-state index contributed by atoms with van der Waals surface area (Å²) in [6.45, 7) is 0. The van der Waals surface area contributed by atoms with Gasteiger partial charge in [-0.15, -0.1) is 0 Å². The Balaban J connectivity index is 1.08. The van der Waals surface area contributed by atoms with Crippen LogP contribution in [0.15, 0.2) is 55.0 Å². The number of hydrogen-bond donors (Lipinski definition) is 3. The SMILES string of the molecule is O=C(Nc1ccc(Cl)cc1)NC1C2CC3CC1CC(C(O)CC1c4c(F)cccc4-c4cncn41)(C3)C2. The Morgan fingerprint density at radius 2 is 1.92 bits per heavy atom. The second-order valence-electron chi connectivity index (χ2n) is 11.6. The summed E-state index contributed by atoms with van der Waals surface area (Å²) in [6, 6.07) is 11.9. The molecule has 0 spiro atoms. The van der Waals surface area contributed by atoms with Gasteiger partial charge < -0.3 is 20.3 Å². The van der Waals surface area contributed by atoms with Crippen molar-refractivity contribution in [2.45, 2.75) is 56.7 Å². The first-order valence-corrected chi connectivity index (χ1v) is 13.6. The van der Waals surface area contributed by atoms with Gasteiger partial charge >= 0.3 is 6.03 Å². The maximum atomic E-state index is 15.0. The van der Waals surface area contributed by atoms with Crippen LogP contribution in [-0.2, 0) is 0 Å². The number of carbonyl (C=O) groups excluding carboxylic acids is 1. The van der Waals surface area contributed by atoms with Crippen molar-refractivity contribution in [3.05, 3.63) is 71.4 Å². The predicted octanol–water partition coefficient (Wildman–Crippen LogP) is 6.01. The van der Waals surface area contributed by atoms with Crippen LogP contribution < -0.4 is 10.6 Å². The molecule has 4 unspecified atom stereocenters. The van der Waals surface area contributed by atoms with E-state index in [1.807, 2.05) is 10.6 Å². The number of hydrogen-bond acceptors (Lipinski definition) is 3. The molecule has 8 heteroatoms. The molecule has 6 nitrogen and oxygen atoms in total. The molecule has 4 fully saturated rings. The quantitative estimate of drug-likeness (QED) is 0.385. The highest BCUT2D eigenvalue weighted by Crippen LogP contribution is 2.62. The topological polar surface area (TPSA) is 79.2 Å². The van der Waals surface area contributed by atoms with Gasteiger partial charge in [0.1, 0.15) is 5.82 Å². The summed E-state index contributed by atoms with van der Waals surface area (Å²) < 4.78 is 17.0. The van der Waals surface area contributed by atoms with Crippen molar-refractivity contribution in [3.8, 4) is 11.3 Å². The van der Waals surface area contributed by atoms with Gasteiger partial charge in [0, 0.05) is 27.9 Å². The maximum absolute atomic E-state index is 15.0. The van der Waals surface area contributed by atoms with Crippen LogP contribution in [-0.4, -0.2) is 32.8 Å². The first-order chi connectivity index (χ1) is 17.9. The third kappa shape index (κ3) is 3.77. The highest BCUT2D eigenvalue weighted by molar-refractivity contribution is 6.30. The molecule has 5 aliphatic rings. The van der Waals surface area contributed by atoms with Gasteiger partial charge in [0.25, 0.3) is 0 Å². The zero-order chi connectivity index (χ0) is 25.3. The fraction of sp³-hybridized carbons (Fsp3) is 0.448. The van der Waals surface area contributed by atoms with Crippen molar-refractivity contribution in [1.82, 2.24) is 14.9 Å². The van der Waals surface area contributed by atoms with Crippen molar-refractivity contribution < 1.29 is 14.3 Å².